The zero-order valence-corrected chi connectivity index (χ0v) is 16.3. The minimum atomic E-state index is -0.716. The lowest BCUT2D eigenvalue weighted by molar-refractivity contribution is 0.0909. The van der Waals surface area contributed by atoms with Crippen molar-refractivity contribution in [3.05, 3.63) is 93.9 Å². The molecule has 2 N–H and O–H groups in total. The molecule has 0 radical (unpaired) electrons. The molecule has 4 rings (SSSR count). The predicted molar refractivity (Wildman–Crippen MR) is 114 cm³/mol. The number of fused-ring (bicyclic) bond motifs is 2. The van der Waals surface area contributed by atoms with Crippen LogP contribution < -0.4 is 10.7 Å². The van der Waals surface area contributed by atoms with Gasteiger partial charge in [-0.15, -0.1) is 0 Å². The lowest BCUT2D eigenvalue weighted by Gasteiger charge is -2.26. The van der Waals surface area contributed by atoms with Crippen LogP contribution in [-0.2, 0) is 6.42 Å². The largest absolute Gasteiger partial charge is 0.354 e. The summed E-state index contributed by atoms with van der Waals surface area (Å²) in [4.78, 5) is 28.6. The number of carbonyl (C=O) groups excluding carboxylic acids is 1. The molecule has 29 heavy (non-hydrogen) atoms. The smallest absolute Gasteiger partial charge is 0.254 e. The Bertz CT molecular complexity index is 1280. The van der Waals surface area contributed by atoms with Crippen molar-refractivity contribution in [3.8, 4) is 0 Å². The maximum Gasteiger partial charge on any atom is 0.254 e. The first-order valence-electron chi connectivity index (χ1n) is 9.45. The highest BCUT2D eigenvalue weighted by Crippen LogP contribution is 2.20. The van der Waals surface area contributed by atoms with E-state index in [2.05, 4.69) is 10.3 Å². The highest BCUT2D eigenvalue weighted by molar-refractivity contribution is 6.00. The van der Waals surface area contributed by atoms with Gasteiger partial charge in [0.25, 0.3) is 5.91 Å². The lowest BCUT2D eigenvalue weighted by Crippen LogP contribution is -2.45. The van der Waals surface area contributed by atoms with Crippen molar-refractivity contribution in [2.75, 3.05) is 0 Å². The van der Waals surface area contributed by atoms with E-state index >= 15 is 0 Å². The number of carbonyl (C=O) groups is 1. The summed E-state index contributed by atoms with van der Waals surface area (Å²) in [5.41, 5.74) is 1.23. The van der Waals surface area contributed by atoms with Gasteiger partial charge in [0, 0.05) is 21.8 Å². The van der Waals surface area contributed by atoms with Crippen molar-refractivity contribution in [2.45, 2.75) is 25.8 Å². The number of rotatable bonds is 4. The highest BCUT2D eigenvalue weighted by Gasteiger charge is 2.24. The lowest BCUT2D eigenvalue weighted by atomic mass is 9.94. The van der Waals surface area contributed by atoms with E-state index in [1.54, 1.807) is 18.2 Å². The Morgan fingerprint density at radius 1 is 0.966 bits per heavy atom. The van der Waals surface area contributed by atoms with E-state index in [1.165, 1.54) is 6.07 Å². The minimum absolute atomic E-state index is 0.0930. The molecular weight excluding hydrogens is 367 g/mol. The molecule has 0 spiro atoms. The van der Waals surface area contributed by atoms with Gasteiger partial charge in [0.1, 0.15) is 5.82 Å². The maximum atomic E-state index is 14.7. The number of pyridine rings is 1. The third-order valence-corrected chi connectivity index (χ3v) is 4.98. The van der Waals surface area contributed by atoms with E-state index in [-0.39, 0.29) is 16.4 Å². The van der Waals surface area contributed by atoms with Gasteiger partial charge in [0.2, 0.25) is 0 Å². The first-order chi connectivity index (χ1) is 13.8. The van der Waals surface area contributed by atoms with Crippen LogP contribution in [0.1, 0.15) is 29.8 Å². The molecule has 4 nitrogen and oxygen atoms in total. The Balaban J connectivity index is 1.69. The molecule has 0 saturated heterocycles. The number of amides is 1. The molecular formula is C24H21FN2O2. The number of benzene rings is 3. The summed E-state index contributed by atoms with van der Waals surface area (Å²) in [6.45, 7) is 3.79. The molecule has 0 unspecified atom stereocenters. The Labute approximate surface area is 167 Å². The summed E-state index contributed by atoms with van der Waals surface area (Å²) in [5.74, 6) is -1.23. The van der Waals surface area contributed by atoms with Crippen LogP contribution in [0.2, 0.25) is 0 Å². The van der Waals surface area contributed by atoms with Gasteiger partial charge >= 0.3 is 0 Å². The fourth-order valence-corrected chi connectivity index (χ4v) is 3.64. The summed E-state index contributed by atoms with van der Waals surface area (Å²) >= 11 is 0. The van der Waals surface area contributed by atoms with Crippen LogP contribution in [0.4, 0.5) is 4.39 Å². The number of aromatic amines is 1. The molecule has 1 heterocycles. The average Bonchev–Trinajstić information content (AvgIpc) is 2.68. The van der Waals surface area contributed by atoms with E-state index < -0.39 is 17.3 Å². The van der Waals surface area contributed by atoms with E-state index in [9.17, 15) is 14.0 Å². The van der Waals surface area contributed by atoms with Gasteiger partial charge in [0.05, 0.1) is 11.1 Å². The molecule has 146 valence electrons. The Kier molecular flexibility index (Phi) is 4.66. The maximum absolute atomic E-state index is 14.7. The highest BCUT2D eigenvalue weighted by atomic mass is 19.1. The van der Waals surface area contributed by atoms with Crippen molar-refractivity contribution in [2.24, 2.45) is 0 Å². The second kappa shape index (κ2) is 7.17. The number of para-hydroxylation sites is 1. The van der Waals surface area contributed by atoms with Crippen LogP contribution >= 0.6 is 0 Å². The van der Waals surface area contributed by atoms with Crippen molar-refractivity contribution < 1.29 is 9.18 Å². The monoisotopic (exact) mass is 388 g/mol. The second-order valence-electron chi connectivity index (χ2n) is 7.88. The molecule has 1 amide bonds. The SMILES string of the molecule is CC(C)(Cc1ccccc1)NC(=O)c1cc2[nH]c3ccccc3c(=O)c2cc1F. The third-order valence-electron chi connectivity index (χ3n) is 4.98. The van der Waals surface area contributed by atoms with Gasteiger partial charge in [-0.25, -0.2) is 4.39 Å². The molecule has 1 aromatic heterocycles. The minimum Gasteiger partial charge on any atom is -0.354 e. The second-order valence-corrected chi connectivity index (χ2v) is 7.88. The van der Waals surface area contributed by atoms with Crippen LogP contribution in [-0.4, -0.2) is 16.4 Å². The molecule has 4 aromatic rings. The number of hydrogen-bond acceptors (Lipinski definition) is 2. The normalized spacial score (nSPS) is 11.7. The zero-order chi connectivity index (χ0) is 20.6. The summed E-state index contributed by atoms with van der Waals surface area (Å²) in [6, 6.07) is 19.4. The summed E-state index contributed by atoms with van der Waals surface area (Å²) < 4.78 is 14.7. The quantitative estimate of drug-likeness (QED) is 0.503. The Morgan fingerprint density at radius 3 is 2.41 bits per heavy atom. The third kappa shape index (κ3) is 3.76. The number of aromatic nitrogens is 1. The first-order valence-corrected chi connectivity index (χ1v) is 9.45. The van der Waals surface area contributed by atoms with Gasteiger partial charge in [0.15, 0.2) is 5.43 Å². The first kappa shape index (κ1) is 18.9. The Hall–Kier alpha value is -3.47. The van der Waals surface area contributed by atoms with Crippen LogP contribution in [0.3, 0.4) is 0 Å². The molecule has 5 heteroatoms. The molecule has 0 bridgehead atoms. The number of nitrogens with one attached hydrogen (secondary N) is 2. The van der Waals surface area contributed by atoms with Crippen molar-refractivity contribution in [3.63, 3.8) is 0 Å². The van der Waals surface area contributed by atoms with Crippen LogP contribution in [0, 0.1) is 5.82 Å². The van der Waals surface area contributed by atoms with Gasteiger partial charge in [-0.2, -0.15) is 0 Å². The fourth-order valence-electron chi connectivity index (χ4n) is 3.64. The fraction of sp³-hybridized carbons (Fsp3) is 0.167. The molecule has 0 aliphatic carbocycles. The number of hydrogen-bond donors (Lipinski definition) is 2. The molecule has 0 atom stereocenters. The van der Waals surface area contributed by atoms with Crippen molar-refractivity contribution in [1.82, 2.24) is 10.3 Å². The van der Waals surface area contributed by atoms with Crippen LogP contribution in [0.25, 0.3) is 21.8 Å². The molecule has 0 fully saturated rings. The van der Waals surface area contributed by atoms with E-state index in [4.69, 9.17) is 0 Å². The van der Waals surface area contributed by atoms with Gasteiger partial charge in [-0.05, 0) is 50.1 Å². The van der Waals surface area contributed by atoms with Crippen LogP contribution in [0.5, 0.6) is 0 Å². The predicted octanol–water partition coefficient (Wildman–Crippen LogP) is 4.57. The van der Waals surface area contributed by atoms with E-state index in [1.807, 2.05) is 50.2 Å². The zero-order valence-electron chi connectivity index (χ0n) is 16.3. The van der Waals surface area contributed by atoms with Crippen molar-refractivity contribution in [1.29, 1.82) is 0 Å². The summed E-state index contributed by atoms with van der Waals surface area (Å²) in [6.07, 6.45) is 0.607. The summed E-state index contributed by atoms with van der Waals surface area (Å²) in [5, 5.41) is 3.62. The standard InChI is InChI=1S/C24H21FN2O2/c1-24(2,14-15-8-4-3-5-9-15)27-23(29)17-13-21-18(12-19(17)25)22(28)16-10-6-7-11-20(16)26-21/h3-13H,14H2,1-2H3,(H,26,28)(H,27,29). The Morgan fingerprint density at radius 2 is 1.66 bits per heavy atom. The van der Waals surface area contributed by atoms with Gasteiger partial charge in [-0.3, -0.25) is 9.59 Å². The van der Waals surface area contributed by atoms with Crippen molar-refractivity contribution >= 4 is 27.7 Å². The van der Waals surface area contributed by atoms with Gasteiger partial charge in [-0.1, -0.05) is 42.5 Å². The number of halogens is 1. The van der Waals surface area contributed by atoms with E-state index in [0.29, 0.717) is 22.8 Å². The summed E-state index contributed by atoms with van der Waals surface area (Å²) in [7, 11) is 0. The molecule has 0 aliphatic heterocycles. The average molecular weight is 388 g/mol. The van der Waals surface area contributed by atoms with E-state index in [0.717, 1.165) is 11.6 Å². The molecule has 3 aromatic carbocycles. The topological polar surface area (TPSA) is 62.0 Å². The molecule has 0 aliphatic rings. The van der Waals surface area contributed by atoms with Crippen LogP contribution in [0.15, 0.2) is 71.5 Å². The van der Waals surface area contributed by atoms with Gasteiger partial charge < -0.3 is 10.3 Å². The number of H-pyrrole nitrogens is 1. The molecule has 0 saturated carbocycles.